The van der Waals surface area contributed by atoms with Crippen LogP contribution in [-0.4, -0.2) is 27.5 Å². The molecule has 0 spiro atoms. The van der Waals surface area contributed by atoms with Gasteiger partial charge in [-0.25, -0.2) is 9.59 Å². The number of benzene rings is 1. The molecule has 1 heterocycles. The molecule has 1 unspecified atom stereocenters. The van der Waals surface area contributed by atoms with E-state index in [1.807, 2.05) is 6.20 Å². The van der Waals surface area contributed by atoms with E-state index in [0.717, 1.165) is 42.4 Å². The summed E-state index contributed by atoms with van der Waals surface area (Å²) in [5, 5.41) is 12.5. The lowest BCUT2D eigenvalue weighted by atomic mass is 9.85. The number of nitrogens with zero attached hydrogens (tertiary/aromatic N) is 1. The molecule has 31 heavy (non-hydrogen) atoms. The van der Waals surface area contributed by atoms with E-state index in [9.17, 15) is 14.7 Å². The first-order valence-corrected chi connectivity index (χ1v) is 11.5. The number of hydrogen-bond donors (Lipinski definition) is 2. The maximum atomic E-state index is 13.0. The Morgan fingerprint density at radius 2 is 1.94 bits per heavy atom. The SMILES string of the molecule is CCC1=CN(C23CC(C(=O)O)=C2C3)C(=O)N[C@@H]1c1ccc(CCC(C)(C)C)c(CC)c1. The molecule has 0 aromatic heterocycles. The Morgan fingerprint density at radius 1 is 1.19 bits per heavy atom. The van der Waals surface area contributed by atoms with E-state index in [2.05, 4.69) is 58.1 Å². The van der Waals surface area contributed by atoms with E-state index >= 15 is 0 Å². The average molecular weight is 423 g/mol. The lowest BCUT2D eigenvalue weighted by Crippen LogP contribution is -2.51. The maximum absolute atomic E-state index is 13.0. The molecule has 5 heteroatoms. The molecular formula is C26H34N2O3. The number of fused-ring (bicyclic) bond motifs is 1. The summed E-state index contributed by atoms with van der Waals surface area (Å²) in [6.45, 7) is 11.1. The highest BCUT2D eigenvalue weighted by Crippen LogP contribution is 2.63. The summed E-state index contributed by atoms with van der Waals surface area (Å²) in [4.78, 5) is 26.0. The lowest BCUT2D eigenvalue weighted by Gasteiger charge is -2.39. The van der Waals surface area contributed by atoms with Gasteiger partial charge in [-0.1, -0.05) is 52.8 Å². The Labute approximate surface area is 185 Å². The lowest BCUT2D eigenvalue weighted by molar-refractivity contribution is -0.133. The first kappa shape index (κ1) is 21.7. The molecule has 1 aromatic carbocycles. The van der Waals surface area contributed by atoms with E-state index in [0.29, 0.717) is 23.8 Å². The van der Waals surface area contributed by atoms with Gasteiger partial charge in [0, 0.05) is 18.2 Å². The first-order valence-electron chi connectivity index (χ1n) is 11.5. The highest BCUT2D eigenvalue weighted by atomic mass is 16.4. The third-order valence-corrected chi connectivity index (χ3v) is 7.11. The van der Waals surface area contributed by atoms with Crippen LogP contribution in [0.3, 0.4) is 0 Å². The molecule has 2 N–H and O–H groups in total. The summed E-state index contributed by atoms with van der Waals surface area (Å²) >= 11 is 0. The van der Waals surface area contributed by atoms with E-state index in [4.69, 9.17) is 0 Å². The van der Waals surface area contributed by atoms with Crippen molar-refractivity contribution in [3.8, 4) is 0 Å². The van der Waals surface area contributed by atoms with E-state index < -0.39 is 5.97 Å². The fourth-order valence-electron chi connectivity index (χ4n) is 5.02. The Bertz CT molecular complexity index is 998. The normalized spacial score (nSPS) is 24.9. The van der Waals surface area contributed by atoms with Gasteiger partial charge in [0.15, 0.2) is 0 Å². The van der Waals surface area contributed by atoms with Gasteiger partial charge in [0.05, 0.1) is 11.6 Å². The van der Waals surface area contributed by atoms with E-state index in [1.165, 1.54) is 11.1 Å². The Hall–Kier alpha value is -2.56. The van der Waals surface area contributed by atoms with Gasteiger partial charge in [-0.3, -0.25) is 4.90 Å². The first-order chi connectivity index (χ1) is 14.6. The molecule has 2 amide bonds. The maximum Gasteiger partial charge on any atom is 0.331 e. The quantitative estimate of drug-likeness (QED) is 0.608. The largest absolute Gasteiger partial charge is 0.478 e. The van der Waals surface area contributed by atoms with Crippen LogP contribution in [0.15, 0.2) is 41.1 Å². The number of nitrogens with one attached hydrogen (secondary N) is 1. The number of amides is 2. The topological polar surface area (TPSA) is 69.6 Å². The molecule has 0 saturated heterocycles. The fourth-order valence-corrected chi connectivity index (χ4v) is 5.02. The number of aryl methyl sites for hydroxylation is 2. The van der Waals surface area contributed by atoms with Crippen LogP contribution in [0.1, 0.15) is 83.0 Å². The Morgan fingerprint density at radius 3 is 2.52 bits per heavy atom. The minimum atomic E-state index is -0.850. The second-order valence-corrected chi connectivity index (χ2v) is 10.4. The molecule has 0 bridgehead atoms. The summed E-state index contributed by atoms with van der Waals surface area (Å²) < 4.78 is 0. The molecule has 5 nitrogen and oxygen atoms in total. The van der Waals surface area contributed by atoms with Gasteiger partial charge in [-0.15, -0.1) is 0 Å². The molecule has 2 aliphatic carbocycles. The molecule has 2 atom stereocenters. The summed E-state index contributed by atoms with van der Waals surface area (Å²) in [7, 11) is 0. The number of rotatable bonds is 7. The third-order valence-electron chi connectivity index (χ3n) is 7.11. The second-order valence-electron chi connectivity index (χ2n) is 10.4. The van der Waals surface area contributed by atoms with Gasteiger partial charge in [0.2, 0.25) is 0 Å². The number of urea groups is 1. The monoisotopic (exact) mass is 422 g/mol. The second kappa shape index (κ2) is 7.54. The van der Waals surface area contributed by atoms with Crippen LogP contribution in [0.2, 0.25) is 0 Å². The zero-order chi connectivity index (χ0) is 22.6. The molecule has 166 valence electrons. The van der Waals surface area contributed by atoms with Crippen molar-refractivity contribution >= 4 is 12.0 Å². The zero-order valence-electron chi connectivity index (χ0n) is 19.3. The summed E-state index contributed by atoms with van der Waals surface area (Å²) in [5.41, 5.74) is 6.36. The third kappa shape index (κ3) is 3.79. The number of carbonyl (C=O) groups excluding carboxylic acids is 1. The smallest absolute Gasteiger partial charge is 0.331 e. The van der Waals surface area contributed by atoms with Gasteiger partial charge >= 0.3 is 12.0 Å². The van der Waals surface area contributed by atoms with Crippen molar-refractivity contribution in [2.75, 3.05) is 0 Å². The number of hydrogen-bond acceptors (Lipinski definition) is 2. The molecule has 0 radical (unpaired) electrons. The van der Waals surface area contributed by atoms with Crippen LogP contribution >= 0.6 is 0 Å². The number of carbonyl (C=O) groups is 2. The predicted octanol–water partition coefficient (Wildman–Crippen LogP) is 5.52. The standard InChI is InChI=1S/C26H34N2O3/c1-6-16-12-19(9-8-18(16)10-11-25(3,4)5)22-17(7-2)15-28(24(31)27-22)26-13-20(23(29)30)21(26)14-26/h8-9,12,15,22H,6-7,10-11,13-14H2,1-5H3,(H,27,31)(H,29,30)/t22-,26?/m0/s1. The van der Waals surface area contributed by atoms with Gasteiger partial charge in [-0.05, 0) is 65.4 Å². The van der Waals surface area contributed by atoms with Crippen molar-refractivity contribution in [2.45, 2.75) is 84.7 Å². The molecule has 1 saturated carbocycles. The van der Waals surface area contributed by atoms with Gasteiger partial charge in [0.1, 0.15) is 0 Å². The molecular weight excluding hydrogens is 388 g/mol. The van der Waals surface area contributed by atoms with E-state index in [-0.39, 0.29) is 17.6 Å². The highest BCUT2D eigenvalue weighted by Gasteiger charge is 2.65. The van der Waals surface area contributed by atoms with Crippen molar-refractivity contribution < 1.29 is 14.7 Å². The summed E-state index contributed by atoms with van der Waals surface area (Å²) in [6.07, 6.45) is 7.13. The molecule has 3 aliphatic rings. The fraction of sp³-hybridized carbons (Fsp3) is 0.538. The molecule has 1 aromatic rings. The van der Waals surface area contributed by atoms with Crippen LogP contribution in [0.5, 0.6) is 0 Å². The number of carboxylic acids is 1. The minimum Gasteiger partial charge on any atom is -0.478 e. The summed E-state index contributed by atoms with van der Waals surface area (Å²) in [6, 6.07) is 6.40. The minimum absolute atomic E-state index is 0.127. The molecule has 4 rings (SSSR count). The zero-order valence-corrected chi connectivity index (χ0v) is 19.3. The van der Waals surface area contributed by atoms with Crippen molar-refractivity contribution in [1.82, 2.24) is 10.2 Å². The van der Waals surface area contributed by atoms with Crippen molar-refractivity contribution in [3.63, 3.8) is 0 Å². The number of aliphatic carboxylic acids is 1. The van der Waals surface area contributed by atoms with E-state index in [1.54, 1.807) is 4.90 Å². The van der Waals surface area contributed by atoms with Gasteiger partial charge < -0.3 is 10.4 Å². The highest BCUT2D eigenvalue weighted by molar-refractivity contribution is 5.95. The summed E-state index contributed by atoms with van der Waals surface area (Å²) in [5.74, 6) is -0.850. The molecule has 1 fully saturated rings. The predicted molar refractivity (Wildman–Crippen MR) is 122 cm³/mol. The van der Waals surface area contributed by atoms with Crippen molar-refractivity contribution in [2.24, 2.45) is 5.41 Å². The van der Waals surface area contributed by atoms with Crippen LogP contribution in [0.25, 0.3) is 0 Å². The average Bonchev–Trinajstić information content (AvgIpc) is 3.28. The van der Waals surface area contributed by atoms with Crippen molar-refractivity contribution in [1.29, 1.82) is 0 Å². The van der Waals surface area contributed by atoms with Crippen LogP contribution in [0.4, 0.5) is 4.79 Å². The van der Waals surface area contributed by atoms with Gasteiger partial charge in [0.25, 0.3) is 0 Å². The Kier molecular flexibility index (Phi) is 5.27. The van der Waals surface area contributed by atoms with Crippen molar-refractivity contribution in [3.05, 3.63) is 57.8 Å². The van der Waals surface area contributed by atoms with Crippen LogP contribution in [0, 0.1) is 5.41 Å². The Balaban J connectivity index is 1.58. The van der Waals surface area contributed by atoms with Crippen LogP contribution < -0.4 is 5.32 Å². The molecule has 1 aliphatic heterocycles. The number of carboxylic acid groups (broad SMARTS) is 1. The van der Waals surface area contributed by atoms with Gasteiger partial charge in [-0.2, -0.15) is 0 Å². The van der Waals surface area contributed by atoms with Crippen LogP contribution in [-0.2, 0) is 17.6 Å².